The van der Waals surface area contributed by atoms with Crippen LogP contribution in [0.25, 0.3) is 0 Å². The highest BCUT2D eigenvalue weighted by atomic mass is 16.2. The summed E-state index contributed by atoms with van der Waals surface area (Å²) in [5.41, 5.74) is 3.01. The standard InChI is InChI=1S/C16H20N4O/c1-20(2)15-8-5-6-13(10-15)11-18-16(21)19-12-14-7-3-4-9-17-14/h3-10H,11-12H2,1-2H3,(H2,18,19,21). The van der Waals surface area contributed by atoms with Crippen molar-refractivity contribution in [2.24, 2.45) is 0 Å². The van der Waals surface area contributed by atoms with Gasteiger partial charge in [0.25, 0.3) is 0 Å². The van der Waals surface area contributed by atoms with E-state index in [1.54, 1.807) is 6.20 Å². The molecule has 0 atom stereocenters. The summed E-state index contributed by atoms with van der Waals surface area (Å²) < 4.78 is 0. The van der Waals surface area contributed by atoms with Crippen molar-refractivity contribution in [3.05, 3.63) is 59.9 Å². The Labute approximate surface area is 125 Å². The maximum absolute atomic E-state index is 11.7. The summed E-state index contributed by atoms with van der Waals surface area (Å²) in [7, 11) is 3.98. The van der Waals surface area contributed by atoms with Crippen molar-refractivity contribution >= 4 is 11.7 Å². The van der Waals surface area contributed by atoms with Gasteiger partial charge in [-0.1, -0.05) is 18.2 Å². The van der Waals surface area contributed by atoms with Crippen molar-refractivity contribution in [1.82, 2.24) is 15.6 Å². The summed E-state index contributed by atoms with van der Waals surface area (Å²) in [6.45, 7) is 0.917. The molecule has 0 spiro atoms. The van der Waals surface area contributed by atoms with Gasteiger partial charge in [-0.15, -0.1) is 0 Å². The number of amides is 2. The minimum Gasteiger partial charge on any atom is -0.378 e. The molecule has 0 saturated heterocycles. The summed E-state index contributed by atoms with van der Waals surface area (Å²) in [5, 5.41) is 5.62. The maximum Gasteiger partial charge on any atom is 0.315 e. The second-order valence-corrected chi connectivity index (χ2v) is 4.92. The average molecular weight is 284 g/mol. The lowest BCUT2D eigenvalue weighted by Gasteiger charge is -2.14. The van der Waals surface area contributed by atoms with Crippen molar-refractivity contribution in [3.8, 4) is 0 Å². The molecule has 0 bridgehead atoms. The Hall–Kier alpha value is -2.56. The first-order chi connectivity index (χ1) is 10.1. The predicted molar refractivity (Wildman–Crippen MR) is 84.1 cm³/mol. The first kappa shape index (κ1) is 14.8. The van der Waals surface area contributed by atoms with Crippen LogP contribution >= 0.6 is 0 Å². The van der Waals surface area contributed by atoms with Gasteiger partial charge < -0.3 is 15.5 Å². The van der Waals surface area contributed by atoms with Crippen molar-refractivity contribution in [2.45, 2.75) is 13.1 Å². The van der Waals surface area contributed by atoms with Crippen LogP contribution in [0.1, 0.15) is 11.3 Å². The summed E-state index contributed by atoms with van der Waals surface area (Å²) in [6, 6.07) is 13.5. The Kier molecular flexibility index (Phi) is 5.15. The molecule has 110 valence electrons. The number of carbonyl (C=O) groups is 1. The molecule has 5 nitrogen and oxygen atoms in total. The lowest BCUT2D eigenvalue weighted by Crippen LogP contribution is -2.34. The number of anilines is 1. The van der Waals surface area contributed by atoms with E-state index in [1.807, 2.05) is 55.4 Å². The van der Waals surface area contributed by atoms with E-state index in [4.69, 9.17) is 0 Å². The summed E-state index contributed by atoms with van der Waals surface area (Å²) in [6.07, 6.45) is 1.71. The molecular formula is C16H20N4O. The van der Waals surface area contributed by atoms with Gasteiger partial charge in [-0.25, -0.2) is 4.79 Å². The van der Waals surface area contributed by atoms with Crippen LogP contribution in [-0.2, 0) is 13.1 Å². The van der Waals surface area contributed by atoms with Gasteiger partial charge in [0.05, 0.1) is 12.2 Å². The molecule has 5 heteroatoms. The number of nitrogens with one attached hydrogen (secondary N) is 2. The highest BCUT2D eigenvalue weighted by Crippen LogP contribution is 2.12. The number of urea groups is 1. The van der Waals surface area contributed by atoms with E-state index in [0.29, 0.717) is 13.1 Å². The van der Waals surface area contributed by atoms with Gasteiger partial charge >= 0.3 is 6.03 Å². The SMILES string of the molecule is CN(C)c1cccc(CNC(=O)NCc2ccccn2)c1. The third-order valence-corrected chi connectivity index (χ3v) is 3.04. The molecule has 0 aliphatic rings. The van der Waals surface area contributed by atoms with Gasteiger partial charge in [-0.05, 0) is 29.8 Å². The largest absolute Gasteiger partial charge is 0.378 e. The molecule has 1 heterocycles. The van der Waals surface area contributed by atoms with Gasteiger partial charge in [0.1, 0.15) is 0 Å². The molecule has 2 aromatic rings. The number of benzene rings is 1. The summed E-state index contributed by atoms with van der Waals surface area (Å²) in [5.74, 6) is 0. The number of hydrogen-bond acceptors (Lipinski definition) is 3. The topological polar surface area (TPSA) is 57.3 Å². The van der Waals surface area contributed by atoms with Crippen molar-refractivity contribution in [3.63, 3.8) is 0 Å². The maximum atomic E-state index is 11.7. The third-order valence-electron chi connectivity index (χ3n) is 3.04. The molecule has 0 saturated carbocycles. The average Bonchev–Trinajstić information content (AvgIpc) is 2.52. The van der Waals surface area contributed by atoms with E-state index in [-0.39, 0.29) is 6.03 Å². The third kappa shape index (κ3) is 4.80. The fourth-order valence-corrected chi connectivity index (χ4v) is 1.86. The van der Waals surface area contributed by atoms with Crippen LogP contribution < -0.4 is 15.5 Å². The van der Waals surface area contributed by atoms with E-state index in [1.165, 1.54) is 0 Å². The van der Waals surface area contributed by atoms with E-state index >= 15 is 0 Å². The number of pyridine rings is 1. The monoisotopic (exact) mass is 284 g/mol. The normalized spacial score (nSPS) is 10.0. The van der Waals surface area contributed by atoms with E-state index in [0.717, 1.165) is 16.9 Å². The van der Waals surface area contributed by atoms with Gasteiger partial charge in [-0.3, -0.25) is 4.98 Å². The lowest BCUT2D eigenvalue weighted by atomic mass is 10.2. The molecule has 1 aromatic heterocycles. The molecule has 1 aromatic carbocycles. The van der Waals surface area contributed by atoms with Crippen molar-refractivity contribution in [2.75, 3.05) is 19.0 Å². The molecule has 0 unspecified atom stereocenters. The second kappa shape index (κ2) is 7.28. The summed E-state index contributed by atoms with van der Waals surface area (Å²) >= 11 is 0. The van der Waals surface area contributed by atoms with Crippen molar-refractivity contribution < 1.29 is 4.79 Å². The molecule has 2 rings (SSSR count). The quantitative estimate of drug-likeness (QED) is 0.884. The molecule has 0 aliphatic carbocycles. The van der Waals surface area contributed by atoms with Crippen molar-refractivity contribution in [1.29, 1.82) is 0 Å². The van der Waals surface area contributed by atoms with Gasteiger partial charge in [-0.2, -0.15) is 0 Å². The Morgan fingerprint density at radius 3 is 2.62 bits per heavy atom. The van der Waals surface area contributed by atoms with Crippen LogP contribution in [0, 0.1) is 0 Å². The highest BCUT2D eigenvalue weighted by molar-refractivity contribution is 5.73. The first-order valence-electron chi connectivity index (χ1n) is 6.83. The zero-order chi connectivity index (χ0) is 15.1. The molecule has 2 N–H and O–H groups in total. The van der Waals surface area contributed by atoms with Crippen LogP contribution in [0.3, 0.4) is 0 Å². The number of hydrogen-bond donors (Lipinski definition) is 2. The summed E-state index contributed by atoms with van der Waals surface area (Å²) in [4.78, 5) is 17.9. The second-order valence-electron chi connectivity index (χ2n) is 4.92. The zero-order valence-corrected chi connectivity index (χ0v) is 12.3. The molecule has 0 fully saturated rings. The van der Waals surface area contributed by atoms with E-state index in [9.17, 15) is 4.79 Å². The lowest BCUT2D eigenvalue weighted by molar-refractivity contribution is 0.240. The zero-order valence-electron chi connectivity index (χ0n) is 12.3. The highest BCUT2D eigenvalue weighted by Gasteiger charge is 2.02. The minimum atomic E-state index is -0.198. The number of nitrogens with zero attached hydrogens (tertiary/aromatic N) is 2. The molecule has 0 radical (unpaired) electrons. The Morgan fingerprint density at radius 2 is 1.90 bits per heavy atom. The number of carbonyl (C=O) groups excluding carboxylic acids is 1. The molecule has 0 aliphatic heterocycles. The number of aromatic nitrogens is 1. The molecule has 2 amide bonds. The first-order valence-corrected chi connectivity index (χ1v) is 6.83. The number of rotatable bonds is 5. The minimum absolute atomic E-state index is 0.198. The Balaban J connectivity index is 1.80. The van der Waals surface area contributed by atoms with Crippen LogP contribution in [0.4, 0.5) is 10.5 Å². The van der Waals surface area contributed by atoms with E-state index in [2.05, 4.69) is 21.7 Å². The Morgan fingerprint density at radius 1 is 1.10 bits per heavy atom. The van der Waals surface area contributed by atoms with Gasteiger partial charge in [0.15, 0.2) is 0 Å². The van der Waals surface area contributed by atoms with Crippen LogP contribution in [0.15, 0.2) is 48.7 Å². The fraction of sp³-hybridized carbons (Fsp3) is 0.250. The van der Waals surface area contributed by atoms with E-state index < -0.39 is 0 Å². The van der Waals surface area contributed by atoms with Crippen LogP contribution in [0.5, 0.6) is 0 Å². The van der Waals surface area contributed by atoms with Gasteiger partial charge in [0.2, 0.25) is 0 Å². The van der Waals surface area contributed by atoms with Gasteiger partial charge in [0, 0.05) is 32.5 Å². The Bertz CT molecular complexity index is 584. The fourth-order valence-electron chi connectivity index (χ4n) is 1.86. The molecular weight excluding hydrogens is 264 g/mol. The van der Waals surface area contributed by atoms with Crippen LogP contribution in [-0.4, -0.2) is 25.1 Å². The van der Waals surface area contributed by atoms with Crippen LogP contribution in [0.2, 0.25) is 0 Å². The predicted octanol–water partition coefficient (Wildman–Crippen LogP) is 2.15. The smallest absolute Gasteiger partial charge is 0.315 e. The molecule has 21 heavy (non-hydrogen) atoms.